The van der Waals surface area contributed by atoms with Gasteiger partial charge in [-0.15, -0.1) is 0 Å². The molecule has 8 nitrogen and oxygen atoms in total. The molecule has 160 valence electrons. The average Bonchev–Trinajstić information content (AvgIpc) is 3.44. The van der Waals surface area contributed by atoms with Gasteiger partial charge in [0.25, 0.3) is 0 Å². The maximum absolute atomic E-state index is 12.4. The van der Waals surface area contributed by atoms with Crippen molar-refractivity contribution in [1.82, 2.24) is 15.5 Å². The van der Waals surface area contributed by atoms with E-state index >= 15 is 0 Å². The SMILES string of the molecule is COc1ccc(-c2noc(CCC(=O)N[C@H](C)c3cc4ccccc4o3)n2)cc1OC. The average molecular weight is 421 g/mol. The summed E-state index contributed by atoms with van der Waals surface area (Å²) in [5, 5.41) is 7.95. The molecule has 0 saturated carbocycles. The standard InChI is InChI=1S/C23H23N3O5/c1-14(19-12-15-6-4-5-7-17(15)30-19)24-21(27)10-11-22-25-23(26-31-22)16-8-9-18(28-2)20(13-16)29-3/h4-9,12-14H,10-11H2,1-3H3,(H,24,27)/t14-/m1/s1. The minimum atomic E-state index is -0.245. The van der Waals surface area contributed by atoms with E-state index in [0.717, 1.165) is 16.5 Å². The van der Waals surface area contributed by atoms with Crippen LogP contribution in [0, 0.1) is 0 Å². The summed E-state index contributed by atoms with van der Waals surface area (Å²) >= 11 is 0. The van der Waals surface area contributed by atoms with Crippen LogP contribution in [-0.4, -0.2) is 30.3 Å². The maximum Gasteiger partial charge on any atom is 0.227 e. The Kier molecular flexibility index (Phi) is 5.88. The van der Waals surface area contributed by atoms with E-state index in [1.807, 2.05) is 43.3 Å². The molecule has 2 aromatic heterocycles. The fourth-order valence-electron chi connectivity index (χ4n) is 3.27. The van der Waals surface area contributed by atoms with E-state index in [9.17, 15) is 4.79 Å². The molecule has 1 atom stereocenters. The first-order valence-electron chi connectivity index (χ1n) is 9.90. The number of rotatable bonds is 8. The second kappa shape index (κ2) is 8.91. The number of para-hydroxylation sites is 1. The fraction of sp³-hybridized carbons (Fsp3) is 0.261. The predicted molar refractivity (Wildman–Crippen MR) is 114 cm³/mol. The summed E-state index contributed by atoms with van der Waals surface area (Å²) < 4.78 is 21.6. The number of methoxy groups -OCH3 is 2. The van der Waals surface area contributed by atoms with Gasteiger partial charge in [-0.25, -0.2) is 0 Å². The largest absolute Gasteiger partial charge is 0.493 e. The van der Waals surface area contributed by atoms with Crippen LogP contribution >= 0.6 is 0 Å². The zero-order chi connectivity index (χ0) is 21.8. The molecule has 0 bridgehead atoms. The second-order valence-corrected chi connectivity index (χ2v) is 7.06. The highest BCUT2D eigenvalue weighted by molar-refractivity contribution is 5.79. The normalized spacial score (nSPS) is 12.0. The summed E-state index contributed by atoms with van der Waals surface area (Å²) in [7, 11) is 3.14. The van der Waals surface area contributed by atoms with Crippen LogP contribution in [0.5, 0.6) is 11.5 Å². The molecule has 0 fully saturated rings. The van der Waals surface area contributed by atoms with E-state index in [1.165, 1.54) is 0 Å². The Morgan fingerprint density at radius 2 is 1.90 bits per heavy atom. The van der Waals surface area contributed by atoms with E-state index in [2.05, 4.69) is 15.5 Å². The Bertz CT molecular complexity index is 1160. The summed E-state index contributed by atoms with van der Waals surface area (Å²) in [4.78, 5) is 16.7. The van der Waals surface area contributed by atoms with Gasteiger partial charge in [-0.3, -0.25) is 4.79 Å². The summed E-state index contributed by atoms with van der Waals surface area (Å²) in [6.07, 6.45) is 0.553. The van der Waals surface area contributed by atoms with Crippen molar-refractivity contribution in [2.75, 3.05) is 14.2 Å². The molecule has 2 heterocycles. The molecule has 0 aliphatic carbocycles. The third-order valence-corrected chi connectivity index (χ3v) is 4.92. The number of aromatic nitrogens is 2. The Hall–Kier alpha value is -3.81. The molecule has 1 amide bonds. The van der Waals surface area contributed by atoms with Crippen LogP contribution in [0.15, 0.2) is 57.5 Å². The third kappa shape index (κ3) is 4.53. The lowest BCUT2D eigenvalue weighted by Gasteiger charge is -2.10. The number of carbonyl (C=O) groups excluding carboxylic acids is 1. The number of fused-ring (bicyclic) bond motifs is 1. The van der Waals surface area contributed by atoms with Gasteiger partial charge in [-0.05, 0) is 37.3 Å². The van der Waals surface area contributed by atoms with Crippen molar-refractivity contribution in [3.05, 3.63) is 60.2 Å². The monoisotopic (exact) mass is 421 g/mol. The first-order valence-corrected chi connectivity index (χ1v) is 9.90. The van der Waals surface area contributed by atoms with Crippen molar-refractivity contribution in [1.29, 1.82) is 0 Å². The van der Waals surface area contributed by atoms with Crippen molar-refractivity contribution in [3.63, 3.8) is 0 Å². The van der Waals surface area contributed by atoms with Crippen LogP contribution in [-0.2, 0) is 11.2 Å². The highest BCUT2D eigenvalue weighted by atomic mass is 16.5. The van der Waals surface area contributed by atoms with Gasteiger partial charge in [0, 0.05) is 23.8 Å². The van der Waals surface area contributed by atoms with Gasteiger partial charge in [0.2, 0.25) is 17.6 Å². The van der Waals surface area contributed by atoms with Crippen molar-refractivity contribution in [2.45, 2.75) is 25.8 Å². The second-order valence-electron chi connectivity index (χ2n) is 7.06. The number of hydrogen-bond acceptors (Lipinski definition) is 7. The molecule has 4 aromatic rings. The smallest absolute Gasteiger partial charge is 0.227 e. The maximum atomic E-state index is 12.4. The highest BCUT2D eigenvalue weighted by Crippen LogP contribution is 2.31. The number of ether oxygens (including phenoxy) is 2. The van der Waals surface area contributed by atoms with Gasteiger partial charge in [0.05, 0.1) is 20.3 Å². The van der Waals surface area contributed by atoms with Gasteiger partial charge in [-0.1, -0.05) is 23.4 Å². The van der Waals surface area contributed by atoms with E-state index < -0.39 is 0 Å². The Morgan fingerprint density at radius 1 is 1.10 bits per heavy atom. The predicted octanol–water partition coefficient (Wildman–Crippen LogP) is 4.31. The Balaban J connectivity index is 1.35. The number of nitrogens with zero attached hydrogens (tertiary/aromatic N) is 2. The minimum Gasteiger partial charge on any atom is -0.493 e. The van der Waals surface area contributed by atoms with Crippen molar-refractivity contribution in [2.24, 2.45) is 0 Å². The number of furan rings is 1. The lowest BCUT2D eigenvalue weighted by molar-refractivity contribution is -0.121. The minimum absolute atomic E-state index is 0.126. The van der Waals surface area contributed by atoms with Crippen LogP contribution in [0.3, 0.4) is 0 Å². The van der Waals surface area contributed by atoms with E-state index in [0.29, 0.717) is 35.4 Å². The number of nitrogens with one attached hydrogen (secondary N) is 1. The number of aryl methyl sites for hydroxylation is 1. The molecule has 1 N–H and O–H groups in total. The molecule has 31 heavy (non-hydrogen) atoms. The van der Waals surface area contributed by atoms with E-state index in [-0.39, 0.29) is 18.4 Å². The summed E-state index contributed by atoms with van der Waals surface area (Å²) in [5.74, 6) is 2.58. The van der Waals surface area contributed by atoms with Gasteiger partial charge < -0.3 is 23.7 Å². The molecule has 0 aliphatic heterocycles. The van der Waals surface area contributed by atoms with Crippen LogP contribution in [0.2, 0.25) is 0 Å². The summed E-state index contributed by atoms with van der Waals surface area (Å²) in [6, 6.07) is 14.8. The van der Waals surface area contributed by atoms with Crippen molar-refractivity contribution < 1.29 is 23.2 Å². The van der Waals surface area contributed by atoms with Gasteiger partial charge >= 0.3 is 0 Å². The quantitative estimate of drug-likeness (QED) is 0.452. The lowest BCUT2D eigenvalue weighted by Crippen LogP contribution is -2.26. The topological polar surface area (TPSA) is 99.6 Å². The zero-order valence-corrected chi connectivity index (χ0v) is 17.5. The van der Waals surface area contributed by atoms with Gasteiger partial charge in [-0.2, -0.15) is 4.98 Å². The molecule has 0 unspecified atom stereocenters. The molecular formula is C23H23N3O5. The molecule has 0 saturated heterocycles. The molecule has 0 radical (unpaired) electrons. The molecule has 0 aliphatic rings. The molecular weight excluding hydrogens is 398 g/mol. The molecule has 4 rings (SSSR count). The van der Waals surface area contributed by atoms with Gasteiger partial charge in [0.1, 0.15) is 11.3 Å². The van der Waals surface area contributed by atoms with Gasteiger partial charge in [0.15, 0.2) is 11.5 Å². The molecule has 0 spiro atoms. The fourth-order valence-corrected chi connectivity index (χ4v) is 3.27. The summed E-state index contributed by atoms with van der Waals surface area (Å²) in [6.45, 7) is 1.89. The number of benzene rings is 2. The van der Waals surface area contributed by atoms with Crippen LogP contribution in [0.4, 0.5) is 0 Å². The van der Waals surface area contributed by atoms with E-state index in [1.54, 1.807) is 26.4 Å². The molecule has 8 heteroatoms. The van der Waals surface area contributed by atoms with Crippen LogP contribution < -0.4 is 14.8 Å². The first kappa shape index (κ1) is 20.5. The zero-order valence-electron chi connectivity index (χ0n) is 17.5. The van der Waals surface area contributed by atoms with Crippen molar-refractivity contribution >= 4 is 16.9 Å². The summed E-state index contributed by atoms with van der Waals surface area (Å²) in [5.41, 5.74) is 1.53. The Labute approximate surface area is 179 Å². The molecule has 2 aromatic carbocycles. The highest BCUT2D eigenvalue weighted by Gasteiger charge is 2.16. The van der Waals surface area contributed by atoms with Crippen LogP contribution in [0.25, 0.3) is 22.4 Å². The Morgan fingerprint density at radius 3 is 2.68 bits per heavy atom. The number of carbonyl (C=O) groups is 1. The van der Waals surface area contributed by atoms with Crippen molar-refractivity contribution in [3.8, 4) is 22.9 Å². The van der Waals surface area contributed by atoms with E-state index in [4.69, 9.17) is 18.4 Å². The lowest BCUT2D eigenvalue weighted by atomic mass is 10.2. The third-order valence-electron chi connectivity index (χ3n) is 4.92. The van der Waals surface area contributed by atoms with Crippen LogP contribution in [0.1, 0.15) is 31.0 Å². The first-order chi connectivity index (χ1) is 15.1. The number of hydrogen-bond donors (Lipinski definition) is 1. The number of amides is 1.